The van der Waals surface area contributed by atoms with E-state index in [0.717, 1.165) is 16.3 Å². The number of benzene rings is 2. The molecule has 1 nitrogen and oxygen atoms in total. The first kappa shape index (κ1) is 9.57. The molecule has 0 saturated heterocycles. The zero-order valence-electron chi connectivity index (χ0n) is 6.90. The molecule has 0 radical (unpaired) electrons. The Labute approximate surface area is 83.0 Å². The van der Waals surface area contributed by atoms with Crippen LogP contribution in [0.25, 0.3) is 10.8 Å². The normalized spacial score (nSPS) is 8.85. The van der Waals surface area contributed by atoms with Gasteiger partial charge in [0, 0.05) is 0 Å². The average Bonchev–Trinajstić information content (AvgIpc) is 2.17. The third kappa shape index (κ3) is 1.63. The molecule has 2 heteroatoms. The van der Waals surface area contributed by atoms with Crippen molar-refractivity contribution in [3.8, 4) is 6.07 Å². The van der Waals surface area contributed by atoms with Crippen LogP contribution in [0.15, 0.2) is 42.5 Å². The van der Waals surface area contributed by atoms with E-state index >= 15 is 0 Å². The van der Waals surface area contributed by atoms with Crippen molar-refractivity contribution in [2.24, 2.45) is 0 Å². The highest BCUT2D eigenvalue weighted by Gasteiger charge is 1.96. The van der Waals surface area contributed by atoms with Crippen LogP contribution in [0.1, 0.15) is 5.56 Å². The van der Waals surface area contributed by atoms with E-state index in [1.165, 1.54) is 0 Å². The smallest absolute Gasteiger partial charge is 0.0998 e. The molecule has 2 aromatic carbocycles. The fraction of sp³-hybridized carbons (Fsp3) is 0. The summed E-state index contributed by atoms with van der Waals surface area (Å²) in [6, 6.07) is 15.8. The molecule has 0 heterocycles. The lowest BCUT2D eigenvalue weighted by molar-refractivity contribution is 1.50. The monoisotopic (exact) mass is 189 g/mol. The Balaban J connectivity index is 0.000000845. The van der Waals surface area contributed by atoms with Crippen molar-refractivity contribution in [3.05, 3.63) is 48.0 Å². The molecule has 0 saturated carbocycles. The first-order valence-corrected chi connectivity index (χ1v) is 3.79. The highest BCUT2D eigenvalue weighted by molar-refractivity contribution is 5.87. The highest BCUT2D eigenvalue weighted by Crippen LogP contribution is 2.16. The summed E-state index contributed by atoms with van der Waals surface area (Å²) in [4.78, 5) is 0. The summed E-state index contributed by atoms with van der Waals surface area (Å²) >= 11 is 0. The summed E-state index contributed by atoms with van der Waals surface area (Å²) in [5, 5.41) is 10.9. The van der Waals surface area contributed by atoms with Crippen LogP contribution < -0.4 is 0 Å². The van der Waals surface area contributed by atoms with Crippen molar-refractivity contribution in [1.82, 2.24) is 0 Å². The minimum atomic E-state index is 0. The van der Waals surface area contributed by atoms with Crippen molar-refractivity contribution in [2.75, 3.05) is 0 Å². The Kier molecular flexibility index (Phi) is 2.89. The molecular weight excluding hydrogens is 182 g/mol. The Morgan fingerprint density at radius 1 is 0.923 bits per heavy atom. The zero-order chi connectivity index (χ0) is 8.39. The van der Waals surface area contributed by atoms with Gasteiger partial charge in [-0.05, 0) is 16.8 Å². The summed E-state index contributed by atoms with van der Waals surface area (Å²) in [6.45, 7) is 0. The lowest BCUT2D eigenvalue weighted by atomic mass is 10.1. The van der Waals surface area contributed by atoms with Crippen LogP contribution in [0.4, 0.5) is 0 Å². The average molecular weight is 190 g/mol. The van der Waals surface area contributed by atoms with Gasteiger partial charge in [-0.2, -0.15) is 5.26 Å². The van der Waals surface area contributed by atoms with Crippen LogP contribution in [-0.2, 0) is 0 Å². The number of nitrogens with zero attached hydrogens (tertiary/aromatic N) is 1. The number of rotatable bonds is 0. The quantitative estimate of drug-likeness (QED) is 0.625. The van der Waals surface area contributed by atoms with E-state index in [9.17, 15) is 0 Å². The van der Waals surface area contributed by atoms with Crippen molar-refractivity contribution >= 4 is 23.2 Å². The van der Waals surface area contributed by atoms with Gasteiger partial charge in [-0.15, -0.1) is 12.4 Å². The molecule has 0 fully saturated rings. The minimum absolute atomic E-state index is 0. The summed E-state index contributed by atoms with van der Waals surface area (Å²) in [6.07, 6.45) is 0. The van der Waals surface area contributed by atoms with E-state index in [4.69, 9.17) is 5.26 Å². The maximum Gasteiger partial charge on any atom is 0.0998 e. The summed E-state index contributed by atoms with van der Waals surface area (Å²) in [5.41, 5.74) is 0.744. The first-order chi connectivity index (χ1) is 5.92. The predicted molar refractivity (Wildman–Crippen MR) is 55.9 cm³/mol. The molecule has 0 amide bonds. The third-order valence-electron chi connectivity index (χ3n) is 1.91. The molecule has 0 aliphatic heterocycles. The molecular formula is C11H8ClN. The number of halogens is 1. The maximum atomic E-state index is 8.79. The Bertz CT molecular complexity index is 452. The predicted octanol–water partition coefficient (Wildman–Crippen LogP) is 3.13. The van der Waals surface area contributed by atoms with E-state index in [1.807, 2.05) is 42.5 Å². The Hall–Kier alpha value is -1.52. The van der Waals surface area contributed by atoms with Crippen LogP contribution in [0.3, 0.4) is 0 Å². The van der Waals surface area contributed by atoms with Crippen LogP contribution in [0, 0.1) is 11.3 Å². The molecule has 0 aliphatic carbocycles. The molecule has 0 unspecified atom stereocenters. The van der Waals surface area contributed by atoms with Crippen molar-refractivity contribution in [2.45, 2.75) is 0 Å². The van der Waals surface area contributed by atoms with Gasteiger partial charge in [0.15, 0.2) is 0 Å². The lowest BCUT2D eigenvalue weighted by Crippen LogP contribution is -1.77. The fourth-order valence-corrected chi connectivity index (χ4v) is 1.32. The largest absolute Gasteiger partial charge is 0.192 e. The van der Waals surface area contributed by atoms with Gasteiger partial charge in [-0.1, -0.05) is 36.4 Å². The van der Waals surface area contributed by atoms with E-state index < -0.39 is 0 Å². The first-order valence-electron chi connectivity index (χ1n) is 3.79. The SMILES string of the molecule is Cl.N#Cc1cccc2ccccc12. The van der Waals surface area contributed by atoms with Gasteiger partial charge in [-0.3, -0.25) is 0 Å². The van der Waals surface area contributed by atoms with Gasteiger partial charge in [0.2, 0.25) is 0 Å². The highest BCUT2D eigenvalue weighted by atomic mass is 35.5. The number of nitriles is 1. The van der Waals surface area contributed by atoms with Crippen LogP contribution >= 0.6 is 12.4 Å². The molecule has 2 rings (SSSR count). The van der Waals surface area contributed by atoms with Crippen LogP contribution in [-0.4, -0.2) is 0 Å². The van der Waals surface area contributed by atoms with Gasteiger partial charge in [-0.25, -0.2) is 0 Å². The topological polar surface area (TPSA) is 23.8 Å². The Morgan fingerprint density at radius 2 is 1.62 bits per heavy atom. The number of hydrogen-bond donors (Lipinski definition) is 0. The van der Waals surface area contributed by atoms with Crippen molar-refractivity contribution < 1.29 is 0 Å². The van der Waals surface area contributed by atoms with E-state index in [2.05, 4.69) is 6.07 Å². The van der Waals surface area contributed by atoms with Gasteiger partial charge in [0.05, 0.1) is 11.6 Å². The van der Waals surface area contributed by atoms with E-state index in [0.29, 0.717) is 0 Å². The lowest BCUT2D eigenvalue weighted by Gasteiger charge is -1.97. The van der Waals surface area contributed by atoms with Gasteiger partial charge in [0.1, 0.15) is 0 Å². The minimum Gasteiger partial charge on any atom is -0.192 e. The second-order valence-electron chi connectivity index (χ2n) is 2.64. The van der Waals surface area contributed by atoms with E-state index in [1.54, 1.807) is 0 Å². The third-order valence-corrected chi connectivity index (χ3v) is 1.91. The molecule has 0 aliphatic rings. The van der Waals surface area contributed by atoms with Crippen LogP contribution in [0.5, 0.6) is 0 Å². The zero-order valence-corrected chi connectivity index (χ0v) is 7.71. The summed E-state index contributed by atoms with van der Waals surface area (Å²) < 4.78 is 0. The molecule has 64 valence electrons. The Morgan fingerprint density at radius 3 is 2.38 bits per heavy atom. The molecule has 0 atom stereocenters. The van der Waals surface area contributed by atoms with Gasteiger partial charge in [0.25, 0.3) is 0 Å². The van der Waals surface area contributed by atoms with Crippen molar-refractivity contribution in [1.29, 1.82) is 5.26 Å². The number of fused-ring (bicyclic) bond motifs is 1. The van der Waals surface area contributed by atoms with E-state index in [-0.39, 0.29) is 12.4 Å². The fourth-order valence-electron chi connectivity index (χ4n) is 1.32. The standard InChI is InChI=1S/C11H7N.ClH/c12-8-10-6-3-5-9-4-1-2-7-11(9)10;/h1-7H;1H. The molecule has 0 N–H and O–H groups in total. The second kappa shape index (κ2) is 3.93. The maximum absolute atomic E-state index is 8.79. The number of hydrogen-bond acceptors (Lipinski definition) is 1. The van der Waals surface area contributed by atoms with Gasteiger partial charge < -0.3 is 0 Å². The van der Waals surface area contributed by atoms with Gasteiger partial charge >= 0.3 is 0 Å². The molecule has 0 bridgehead atoms. The van der Waals surface area contributed by atoms with Crippen molar-refractivity contribution in [3.63, 3.8) is 0 Å². The molecule has 13 heavy (non-hydrogen) atoms. The summed E-state index contributed by atoms with van der Waals surface area (Å²) in [7, 11) is 0. The van der Waals surface area contributed by atoms with Crippen LogP contribution in [0.2, 0.25) is 0 Å². The molecule has 2 aromatic rings. The summed E-state index contributed by atoms with van der Waals surface area (Å²) in [5.74, 6) is 0. The molecule has 0 aromatic heterocycles. The second-order valence-corrected chi connectivity index (χ2v) is 2.64. The molecule has 0 spiro atoms.